The van der Waals surface area contributed by atoms with Gasteiger partial charge in [0.15, 0.2) is 0 Å². The molecule has 0 saturated carbocycles. The van der Waals surface area contributed by atoms with Gasteiger partial charge in [-0.1, -0.05) is 60.7 Å². The second kappa shape index (κ2) is 10.2. The molecule has 0 aromatic heterocycles. The summed E-state index contributed by atoms with van der Waals surface area (Å²) in [6.45, 7) is 0.478. The van der Waals surface area contributed by atoms with Gasteiger partial charge in [-0.05, 0) is 29.8 Å². The number of benzene rings is 3. The maximum Gasteiger partial charge on any atom is 0.250 e. The number of carbonyl (C=O) groups excluding carboxylic acids is 1. The minimum atomic E-state index is -0.150. The third-order valence-electron chi connectivity index (χ3n) is 3.66. The molecule has 3 rings (SSSR count). The first kappa shape index (κ1) is 18.7. The van der Waals surface area contributed by atoms with Crippen LogP contribution in [0.5, 0.6) is 5.75 Å². The lowest BCUT2D eigenvalue weighted by molar-refractivity contribution is -0.118. The minimum absolute atomic E-state index is 0.150. The van der Waals surface area contributed by atoms with Crippen LogP contribution in [0.25, 0.3) is 0 Å². The molecular formula is C22H20N2O2S. The number of hydrazone groups is 1. The predicted octanol–water partition coefficient (Wildman–Crippen LogP) is 4.51. The summed E-state index contributed by atoms with van der Waals surface area (Å²) in [7, 11) is 0. The van der Waals surface area contributed by atoms with Gasteiger partial charge in [0, 0.05) is 10.5 Å². The first-order valence-electron chi connectivity index (χ1n) is 8.57. The van der Waals surface area contributed by atoms with E-state index in [4.69, 9.17) is 4.74 Å². The average molecular weight is 376 g/mol. The summed E-state index contributed by atoms with van der Waals surface area (Å²) in [6, 6.07) is 27.4. The lowest BCUT2D eigenvalue weighted by atomic mass is 10.2. The van der Waals surface area contributed by atoms with Crippen molar-refractivity contribution in [2.45, 2.75) is 11.5 Å². The largest absolute Gasteiger partial charge is 0.488 e. The summed E-state index contributed by atoms with van der Waals surface area (Å²) in [5, 5.41) is 4.05. The van der Waals surface area contributed by atoms with E-state index in [1.165, 1.54) is 11.8 Å². The van der Waals surface area contributed by atoms with Crippen molar-refractivity contribution in [1.29, 1.82) is 0 Å². The van der Waals surface area contributed by atoms with Gasteiger partial charge in [-0.2, -0.15) is 5.10 Å². The Kier molecular flexibility index (Phi) is 7.07. The van der Waals surface area contributed by atoms with E-state index in [0.29, 0.717) is 12.4 Å². The molecule has 5 heteroatoms. The normalized spacial score (nSPS) is 10.7. The molecule has 0 heterocycles. The Balaban J connectivity index is 1.51. The number of carbonyl (C=O) groups is 1. The maximum absolute atomic E-state index is 11.9. The Morgan fingerprint density at radius 1 is 0.926 bits per heavy atom. The van der Waals surface area contributed by atoms with E-state index < -0.39 is 0 Å². The molecule has 0 fully saturated rings. The van der Waals surface area contributed by atoms with Gasteiger partial charge in [-0.25, -0.2) is 5.43 Å². The fourth-order valence-electron chi connectivity index (χ4n) is 2.33. The number of amides is 1. The zero-order valence-corrected chi connectivity index (χ0v) is 15.6. The molecular weight excluding hydrogens is 356 g/mol. The highest BCUT2D eigenvalue weighted by Gasteiger charge is 2.03. The van der Waals surface area contributed by atoms with E-state index in [-0.39, 0.29) is 5.91 Å². The first-order valence-corrected chi connectivity index (χ1v) is 9.55. The topological polar surface area (TPSA) is 50.7 Å². The Hall–Kier alpha value is -3.05. The fourth-order valence-corrected chi connectivity index (χ4v) is 3.04. The minimum Gasteiger partial charge on any atom is -0.488 e. The van der Waals surface area contributed by atoms with E-state index in [1.54, 1.807) is 6.21 Å². The molecule has 0 radical (unpaired) electrons. The molecule has 1 amide bonds. The lowest BCUT2D eigenvalue weighted by Crippen LogP contribution is -2.19. The Bertz CT molecular complexity index is 883. The fraction of sp³-hybridized carbons (Fsp3) is 0.0909. The molecule has 136 valence electrons. The average Bonchev–Trinajstić information content (AvgIpc) is 2.73. The highest BCUT2D eigenvalue weighted by molar-refractivity contribution is 8.00. The van der Waals surface area contributed by atoms with Crippen molar-refractivity contribution in [2.24, 2.45) is 5.10 Å². The molecule has 0 saturated heterocycles. The molecule has 1 N–H and O–H groups in total. The van der Waals surface area contributed by atoms with E-state index in [9.17, 15) is 4.79 Å². The van der Waals surface area contributed by atoms with Crippen LogP contribution in [0.4, 0.5) is 0 Å². The van der Waals surface area contributed by atoms with Gasteiger partial charge < -0.3 is 4.74 Å². The van der Waals surface area contributed by atoms with Crippen LogP contribution in [0.1, 0.15) is 11.1 Å². The molecule has 0 aliphatic heterocycles. The van der Waals surface area contributed by atoms with Crippen LogP contribution in [0.2, 0.25) is 0 Å². The van der Waals surface area contributed by atoms with Crippen LogP contribution in [-0.2, 0) is 11.4 Å². The number of hydrogen-bond acceptors (Lipinski definition) is 4. The molecule has 0 atom stereocenters. The highest BCUT2D eigenvalue weighted by atomic mass is 32.2. The number of rotatable bonds is 8. The lowest BCUT2D eigenvalue weighted by Gasteiger charge is -2.09. The van der Waals surface area contributed by atoms with Gasteiger partial charge in [0.25, 0.3) is 0 Å². The van der Waals surface area contributed by atoms with Crippen molar-refractivity contribution in [3.63, 3.8) is 0 Å². The summed E-state index contributed by atoms with van der Waals surface area (Å²) in [6.07, 6.45) is 1.60. The third kappa shape index (κ3) is 6.31. The molecule has 0 aliphatic rings. The molecule has 0 spiro atoms. The molecule has 3 aromatic rings. The summed E-state index contributed by atoms with van der Waals surface area (Å²) in [5.41, 5.74) is 4.46. The first-order chi connectivity index (χ1) is 13.3. The van der Waals surface area contributed by atoms with Gasteiger partial charge in [0.05, 0.1) is 12.0 Å². The zero-order chi connectivity index (χ0) is 18.7. The van der Waals surface area contributed by atoms with Crippen LogP contribution in [0.3, 0.4) is 0 Å². The molecule has 27 heavy (non-hydrogen) atoms. The predicted molar refractivity (Wildman–Crippen MR) is 110 cm³/mol. The van der Waals surface area contributed by atoms with Crippen LogP contribution in [0, 0.1) is 0 Å². The molecule has 4 nitrogen and oxygen atoms in total. The van der Waals surface area contributed by atoms with Crippen LogP contribution in [-0.4, -0.2) is 17.9 Å². The van der Waals surface area contributed by atoms with Gasteiger partial charge in [-0.15, -0.1) is 11.8 Å². The Morgan fingerprint density at radius 3 is 2.37 bits per heavy atom. The van der Waals surface area contributed by atoms with Gasteiger partial charge in [0.1, 0.15) is 12.4 Å². The summed E-state index contributed by atoms with van der Waals surface area (Å²) in [4.78, 5) is 13.0. The Morgan fingerprint density at radius 2 is 1.59 bits per heavy atom. The quantitative estimate of drug-likeness (QED) is 0.358. The Labute approximate surface area is 163 Å². The van der Waals surface area contributed by atoms with Crippen LogP contribution in [0.15, 0.2) is 94.9 Å². The number of ether oxygens (including phenoxy) is 1. The van der Waals surface area contributed by atoms with E-state index in [2.05, 4.69) is 10.5 Å². The standard InChI is InChI=1S/C22H20N2O2S/c25-22(17-27-20-12-5-2-6-13-20)24-23-15-19-11-7-8-14-21(19)26-16-18-9-3-1-4-10-18/h1-15H,16-17H2,(H,24,25)/b23-15-. The summed E-state index contributed by atoms with van der Waals surface area (Å²) in [5.74, 6) is 0.883. The molecule has 0 aliphatic carbocycles. The molecule has 0 bridgehead atoms. The maximum atomic E-state index is 11.9. The second-order valence-corrected chi connectivity index (χ2v) is 6.76. The molecule has 3 aromatic carbocycles. The van der Waals surface area contributed by atoms with E-state index in [0.717, 1.165) is 21.8 Å². The van der Waals surface area contributed by atoms with Crippen LogP contribution >= 0.6 is 11.8 Å². The van der Waals surface area contributed by atoms with Gasteiger partial charge in [-0.3, -0.25) is 4.79 Å². The number of thioether (sulfide) groups is 1. The van der Waals surface area contributed by atoms with Crippen molar-refractivity contribution in [3.05, 3.63) is 96.1 Å². The number of nitrogens with one attached hydrogen (secondary N) is 1. The van der Waals surface area contributed by atoms with Crippen molar-refractivity contribution in [3.8, 4) is 5.75 Å². The zero-order valence-electron chi connectivity index (χ0n) is 14.7. The van der Waals surface area contributed by atoms with Crippen molar-refractivity contribution in [1.82, 2.24) is 5.43 Å². The monoisotopic (exact) mass is 376 g/mol. The smallest absolute Gasteiger partial charge is 0.250 e. The summed E-state index contributed by atoms with van der Waals surface area (Å²) >= 11 is 1.47. The van der Waals surface area contributed by atoms with Crippen molar-refractivity contribution < 1.29 is 9.53 Å². The number of hydrogen-bond donors (Lipinski definition) is 1. The number of nitrogens with zero attached hydrogens (tertiary/aromatic N) is 1. The van der Waals surface area contributed by atoms with Crippen LogP contribution < -0.4 is 10.2 Å². The van der Waals surface area contributed by atoms with Gasteiger partial charge in [0.2, 0.25) is 5.91 Å². The van der Waals surface area contributed by atoms with E-state index in [1.807, 2.05) is 84.9 Å². The third-order valence-corrected chi connectivity index (χ3v) is 4.67. The van der Waals surface area contributed by atoms with Crippen molar-refractivity contribution in [2.75, 3.05) is 5.75 Å². The molecule has 0 unspecified atom stereocenters. The van der Waals surface area contributed by atoms with Gasteiger partial charge >= 0.3 is 0 Å². The SMILES string of the molecule is O=C(CSc1ccccc1)N/N=C\c1ccccc1OCc1ccccc1. The van der Waals surface area contributed by atoms with Crippen molar-refractivity contribution >= 4 is 23.9 Å². The van der Waals surface area contributed by atoms with E-state index >= 15 is 0 Å². The second-order valence-electron chi connectivity index (χ2n) is 5.71. The number of para-hydroxylation sites is 1. The summed E-state index contributed by atoms with van der Waals surface area (Å²) < 4.78 is 5.88. The highest BCUT2D eigenvalue weighted by Crippen LogP contribution is 2.18.